The molecule has 0 bridgehead atoms. The molecule has 64 valence electrons. The maximum absolute atomic E-state index is 9.44. The van der Waals surface area contributed by atoms with Crippen LogP contribution in [0.3, 0.4) is 0 Å². The molecule has 1 N–H and O–H groups in total. The Labute approximate surface area is 67.5 Å². The van der Waals surface area contributed by atoms with Crippen molar-refractivity contribution in [2.24, 2.45) is 0 Å². The van der Waals surface area contributed by atoms with Gasteiger partial charge in [-0.1, -0.05) is 31.4 Å². The normalized spacial score (nSPS) is 8.91. The van der Waals surface area contributed by atoms with Crippen LogP contribution in [-0.4, -0.2) is 13.0 Å². The van der Waals surface area contributed by atoms with Crippen LogP contribution in [0.2, 0.25) is 0 Å². The summed E-state index contributed by atoms with van der Waals surface area (Å²) in [5, 5.41) is 0.465. The molecule has 3 nitrogen and oxygen atoms in total. The highest BCUT2D eigenvalue weighted by Crippen LogP contribution is 1.81. The molecule has 0 aromatic carbocycles. The van der Waals surface area contributed by atoms with Crippen molar-refractivity contribution < 1.29 is 13.0 Å². The van der Waals surface area contributed by atoms with Gasteiger partial charge in [-0.05, 0) is 6.92 Å². The lowest BCUT2D eigenvalue weighted by molar-refractivity contribution is 0.494. The molecule has 0 saturated heterocycles. The van der Waals surface area contributed by atoms with Crippen LogP contribution < -0.4 is 0 Å². The van der Waals surface area contributed by atoms with Gasteiger partial charge in [-0.15, -0.1) is 0 Å². The van der Waals surface area contributed by atoms with Crippen molar-refractivity contribution in [3.63, 3.8) is 0 Å². The molecule has 0 rings (SSSR count). The molecule has 0 amide bonds. The van der Waals surface area contributed by atoms with Crippen molar-refractivity contribution in [2.75, 3.05) is 0 Å². The predicted molar refractivity (Wildman–Crippen MR) is 46.8 cm³/mol. The summed E-state index contributed by atoms with van der Waals surface area (Å²) in [6.45, 7) is 11.7. The summed E-state index contributed by atoms with van der Waals surface area (Å²) in [6.07, 6.45) is 1.72. The van der Waals surface area contributed by atoms with Crippen LogP contribution in [-0.2, 0) is 10.1 Å². The first-order valence-electron chi connectivity index (χ1n) is 2.71. The van der Waals surface area contributed by atoms with Crippen molar-refractivity contribution in [3.8, 4) is 0 Å². The topological polar surface area (TPSA) is 54.4 Å². The van der Waals surface area contributed by atoms with Crippen molar-refractivity contribution >= 4 is 10.1 Å². The molecular formula is C7H12O3S. The van der Waals surface area contributed by atoms with E-state index in [4.69, 9.17) is 4.55 Å². The quantitative estimate of drug-likeness (QED) is 0.515. The molecule has 0 unspecified atom stereocenters. The molecule has 0 atom stereocenters. The molecule has 4 heteroatoms. The lowest BCUT2D eigenvalue weighted by atomic mass is 10.4. The molecule has 0 aromatic heterocycles. The molecule has 11 heavy (non-hydrogen) atoms. The summed E-state index contributed by atoms with van der Waals surface area (Å²) in [5.41, 5.74) is 1.02. The van der Waals surface area contributed by atoms with Gasteiger partial charge in [0.25, 0.3) is 10.1 Å². The van der Waals surface area contributed by atoms with E-state index in [-0.39, 0.29) is 0 Å². The van der Waals surface area contributed by atoms with E-state index in [1.54, 1.807) is 6.08 Å². The van der Waals surface area contributed by atoms with Crippen LogP contribution >= 0.6 is 0 Å². The van der Waals surface area contributed by atoms with E-state index < -0.39 is 10.1 Å². The Balaban J connectivity index is 0. The zero-order valence-electron chi connectivity index (χ0n) is 6.45. The Morgan fingerprint density at radius 3 is 1.64 bits per heavy atom. The van der Waals surface area contributed by atoms with Crippen LogP contribution in [0.15, 0.2) is 36.8 Å². The summed E-state index contributed by atoms with van der Waals surface area (Å²) in [4.78, 5) is 0. The summed E-state index contributed by atoms with van der Waals surface area (Å²) < 4.78 is 26.6. The second kappa shape index (κ2) is 5.88. The van der Waals surface area contributed by atoms with Gasteiger partial charge in [-0.2, -0.15) is 8.42 Å². The molecule has 0 spiro atoms. The van der Waals surface area contributed by atoms with E-state index in [0.29, 0.717) is 5.41 Å². The highest BCUT2D eigenvalue weighted by Gasteiger charge is 1.87. The molecule has 0 saturated carbocycles. The molecule has 0 radical (unpaired) electrons. The fourth-order valence-electron chi connectivity index (χ4n) is 0. The van der Waals surface area contributed by atoms with E-state index in [9.17, 15) is 8.42 Å². The maximum Gasteiger partial charge on any atom is 0.287 e. The highest BCUT2D eigenvalue weighted by atomic mass is 32.2. The highest BCUT2D eigenvalue weighted by molar-refractivity contribution is 7.88. The predicted octanol–water partition coefficient (Wildman–Crippen LogP) is 1.77. The van der Waals surface area contributed by atoms with E-state index in [1.807, 2.05) is 6.92 Å². The Morgan fingerprint density at radius 1 is 1.45 bits per heavy atom. The summed E-state index contributed by atoms with van der Waals surface area (Å²) in [5.74, 6) is 0. The number of hydrogen-bond acceptors (Lipinski definition) is 2. The van der Waals surface area contributed by atoms with Gasteiger partial charge in [0, 0.05) is 0 Å². The molecule has 0 heterocycles. The standard InChI is InChI=1S/C5H8.C2H4O3S/c1-4-5(2)3;1-2-6(3,4)5/h4H,1-2H2,3H3;2H,1H2,(H,3,4,5). The third-order valence-electron chi connectivity index (χ3n) is 0.559. The van der Waals surface area contributed by atoms with Crippen molar-refractivity contribution in [1.82, 2.24) is 0 Å². The first kappa shape index (κ1) is 12.8. The second-order valence-electron chi connectivity index (χ2n) is 1.73. The Hall–Kier alpha value is -0.870. The minimum Gasteiger partial charge on any atom is -0.282 e. The summed E-state index contributed by atoms with van der Waals surface area (Å²) >= 11 is 0. The van der Waals surface area contributed by atoms with Crippen LogP contribution in [0.5, 0.6) is 0 Å². The molecule has 0 fully saturated rings. The molecule has 0 aromatic rings. The van der Waals surface area contributed by atoms with Crippen molar-refractivity contribution in [1.29, 1.82) is 0 Å². The number of rotatable bonds is 2. The lowest BCUT2D eigenvalue weighted by Gasteiger charge is -1.73. The minimum atomic E-state index is -3.90. The van der Waals surface area contributed by atoms with Gasteiger partial charge in [0.05, 0.1) is 5.41 Å². The van der Waals surface area contributed by atoms with Crippen molar-refractivity contribution in [3.05, 3.63) is 36.8 Å². The second-order valence-corrected chi connectivity index (χ2v) is 3.10. The van der Waals surface area contributed by atoms with Crippen LogP contribution in [0.25, 0.3) is 0 Å². The Morgan fingerprint density at radius 2 is 1.64 bits per heavy atom. The Kier molecular flexibility index (Phi) is 6.83. The number of allylic oxidation sites excluding steroid dienone is 2. The largest absolute Gasteiger partial charge is 0.287 e. The van der Waals surface area contributed by atoms with Crippen LogP contribution in [0.1, 0.15) is 6.92 Å². The third-order valence-corrected chi connectivity index (χ3v) is 0.980. The van der Waals surface area contributed by atoms with E-state index in [2.05, 4.69) is 19.7 Å². The van der Waals surface area contributed by atoms with Gasteiger partial charge in [-0.25, -0.2) is 0 Å². The number of hydrogen-bond donors (Lipinski definition) is 1. The van der Waals surface area contributed by atoms with Crippen LogP contribution in [0, 0.1) is 0 Å². The molecule has 0 aliphatic carbocycles. The zero-order chi connectivity index (χ0) is 9.49. The molecule has 0 aliphatic heterocycles. The summed E-state index contributed by atoms with van der Waals surface area (Å²) in [6, 6.07) is 0. The first-order valence-corrected chi connectivity index (χ1v) is 4.21. The molecule has 0 aliphatic rings. The molecular weight excluding hydrogens is 164 g/mol. The lowest BCUT2D eigenvalue weighted by Crippen LogP contribution is -1.86. The summed E-state index contributed by atoms with van der Waals surface area (Å²) in [7, 11) is -3.90. The van der Waals surface area contributed by atoms with Gasteiger partial charge >= 0.3 is 0 Å². The third kappa shape index (κ3) is 27.2. The zero-order valence-corrected chi connectivity index (χ0v) is 7.26. The Bertz CT molecular complexity index is 225. The fourth-order valence-corrected chi connectivity index (χ4v) is 0. The average Bonchev–Trinajstić information content (AvgIpc) is 1.88. The monoisotopic (exact) mass is 176 g/mol. The van der Waals surface area contributed by atoms with Gasteiger partial charge in [0.2, 0.25) is 0 Å². The van der Waals surface area contributed by atoms with Gasteiger partial charge in [-0.3, -0.25) is 4.55 Å². The fraction of sp³-hybridized carbons (Fsp3) is 0.143. The van der Waals surface area contributed by atoms with Gasteiger partial charge < -0.3 is 0 Å². The maximum atomic E-state index is 9.44. The first-order chi connectivity index (χ1) is 4.83. The van der Waals surface area contributed by atoms with E-state index in [0.717, 1.165) is 5.57 Å². The van der Waals surface area contributed by atoms with Gasteiger partial charge in [0.1, 0.15) is 0 Å². The van der Waals surface area contributed by atoms with Crippen LogP contribution in [0.4, 0.5) is 0 Å². The van der Waals surface area contributed by atoms with E-state index >= 15 is 0 Å². The van der Waals surface area contributed by atoms with Gasteiger partial charge in [0.15, 0.2) is 0 Å². The van der Waals surface area contributed by atoms with E-state index in [1.165, 1.54) is 0 Å². The average molecular weight is 176 g/mol. The van der Waals surface area contributed by atoms with Crippen molar-refractivity contribution in [2.45, 2.75) is 6.92 Å². The smallest absolute Gasteiger partial charge is 0.282 e. The SMILES string of the molecule is C=CC(=C)C.C=CS(=O)(=O)O. The minimum absolute atomic E-state index is 0.465.